The third-order valence-electron chi connectivity index (χ3n) is 9.72. The highest BCUT2D eigenvalue weighted by Crippen LogP contribution is 2.39. The van der Waals surface area contributed by atoms with Gasteiger partial charge < -0.3 is 28.1 Å². The zero-order chi connectivity index (χ0) is 42.2. The van der Waals surface area contributed by atoms with Crippen LogP contribution in [-0.4, -0.2) is 73.2 Å². The van der Waals surface area contributed by atoms with E-state index >= 15 is 0 Å². The minimum absolute atomic E-state index is 0.130. The highest BCUT2D eigenvalue weighted by Gasteiger charge is 2.57. The van der Waals surface area contributed by atoms with Gasteiger partial charge in [0.05, 0.1) is 23.3 Å². The van der Waals surface area contributed by atoms with Crippen LogP contribution in [0.25, 0.3) is 0 Å². The summed E-state index contributed by atoms with van der Waals surface area (Å²) >= 11 is 18.3. The first-order valence-electron chi connectivity index (χ1n) is 18.7. The predicted molar refractivity (Wildman–Crippen MR) is 228 cm³/mol. The molecule has 5 aromatic carbocycles. The van der Waals surface area contributed by atoms with Gasteiger partial charge in [-0.2, -0.15) is 0 Å². The van der Waals surface area contributed by atoms with Gasteiger partial charge in [0.25, 0.3) is 12.1 Å². The van der Waals surface area contributed by atoms with Crippen molar-refractivity contribution in [1.29, 1.82) is 5.41 Å². The van der Waals surface area contributed by atoms with Crippen molar-refractivity contribution < 1.29 is 42.5 Å². The third kappa shape index (κ3) is 10.2. The Morgan fingerprint density at radius 1 is 0.559 bits per heavy atom. The van der Waals surface area contributed by atoms with Crippen molar-refractivity contribution in [2.24, 2.45) is 0 Å². The third-order valence-corrected chi connectivity index (χ3v) is 15.2. The zero-order valence-corrected chi connectivity index (χ0v) is 35.6. The maximum Gasteiger partial charge on any atom is 0.338 e. The van der Waals surface area contributed by atoms with E-state index in [2.05, 4.69) is 20.8 Å². The Kier molecular flexibility index (Phi) is 14.0. The molecule has 0 unspecified atom stereocenters. The van der Waals surface area contributed by atoms with E-state index in [1.807, 2.05) is 60.7 Å². The van der Waals surface area contributed by atoms with Crippen LogP contribution < -0.4 is 10.4 Å². The van der Waals surface area contributed by atoms with Gasteiger partial charge in [0.2, 0.25) is 18.3 Å². The second-order valence-corrected chi connectivity index (χ2v) is 21.3. The largest absolute Gasteiger partial charge is 0.452 e. The average molecular weight is 875 g/mol. The van der Waals surface area contributed by atoms with Crippen molar-refractivity contribution in [3.05, 3.63) is 168 Å². The van der Waals surface area contributed by atoms with Crippen molar-refractivity contribution in [2.75, 3.05) is 6.61 Å². The van der Waals surface area contributed by atoms with E-state index in [4.69, 9.17) is 68.3 Å². The Labute approximate surface area is 358 Å². The predicted octanol–water partition coefficient (Wildman–Crippen LogP) is 8.33. The first-order valence-corrected chi connectivity index (χ1v) is 21.7. The van der Waals surface area contributed by atoms with E-state index < -0.39 is 71.7 Å². The van der Waals surface area contributed by atoms with Gasteiger partial charge in [-0.05, 0) is 51.8 Å². The fourth-order valence-electron chi connectivity index (χ4n) is 6.96. The molecule has 0 aromatic heterocycles. The molecule has 1 fully saturated rings. The molecule has 0 saturated carbocycles. The van der Waals surface area contributed by atoms with Gasteiger partial charge in [-0.15, -0.1) is 0 Å². The Bertz CT molecular complexity index is 2150. The van der Waals surface area contributed by atoms with Gasteiger partial charge in [0, 0.05) is 0 Å². The van der Waals surface area contributed by atoms with Gasteiger partial charge in [0.1, 0.15) is 6.10 Å². The molecule has 0 radical (unpaired) electrons. The number of hydrogen-bond donors (Lipinski definition) is 1. The molecule has 0 spiro atoms. The number of benzene rings is 5. The molecule has 0 aliphatic carbocycles. The quantitative estimate of drug-likeness (QED) is 0.0329. The highest BCUT2D eigenvalue weighted by molar-refractivity contribution is 6.99. The van der Waals surface area contributed by atoms with E-state index in [-0.39, 0.29) is 23.3 Å². The summed E-state index contributed by atoms with van der Waals surface area (Å²) in [7, 11) is -3.30. The topological polar surface area (TPSA) is 130 Å². The molecule has 306 valence electrons. The minimum Gasteiger partial charge on any atom is -0.452 e. The standard InChI is InChI=1S/C45H42Cl3NO9Si/c1-44(2,3)59(33-25-15-7-16-26-33,34-27-17-8-18-28-34)53-29-35-36(55-39(50)30-19-9-4-10-20-30)37(56-40(51)31-21-11-5-12-22-31)38(42(54-35)58-43(49)45(46,47)48)57-41(52)32-23-13-6-14-24-32/h4-28,35-38,42,49H,29H2,1-3H3/t35-,36-,37+,38-,42-/m1/s1. The lowest BCUT2D eigenvalue weighted by Crippen LogP contribution is -2.69. The van der Waals surface area contributed by atoms with Crippen molar-refractivity contribution in [3.8, 4) is 0 Å². The molecule has 1 aliphatic rings. The summed E-state index contributed by atoms with van der Waals surface area (Å²) < 4.78 is 35.8. The SMILES string of the molecule is CC(C)(C)[Si](OC[C@H]1O[C@H](OC(=N)C(Cl)(Cl)Cl)[C@H](OC(=O)c2ccccc2)[C@@H](OC(=O)c2ccccc2)[C@@H]1OC(=O)c1ccccc1)(c1ccccc1)c1ccccc1. The summed E-state index contributed by atoms with van der Waals surface area (Å²) in [5, 5.41) is 9.94. The highest BCUT2D eigenvalue weighted by atomic mass is 35.6. The number of ether oxygens (including phenoxy) is 5. The molecule has 1 saturated heterocycles. The Morgan fingerprint density at radius 2 is 0.915 bits per heavy atom. The monoisotopic (exact) mass is 873 g/mol. The molecule has 1 N–H and O–H groups in total. The summed E-state index contributed by atoms with van der Waals surface area (Å²) in [6.07, 6.45) is -7.93. The van der Waals surface area contributed by atoms with Gasteiger partial charge in [-0.25, -0.2) is 14.4 Å². The molecular weight excluding hydrogens is 833 g/mol. The van der Waals surface area contributed by atoms with Crippen LogP contribution in [0.4, 0.5) is 0 Å². The van der Waals surface area contributed by atoms with E-state index in [1.54, 1.807) is 66.7 Å². The summed E-state index contributed by atoms with van der Waals surface area (Å²) in [6, 6.07) is 44.0. The lowest BCUT2D eigenvalue weighted by molar-refractivity contribution is -0.278. The fraction of sp³-hybridized carbons (Fsp3) is 0.244. The molecule has 5 aromatic rings. The van der Waals surface area contributed by atoms with Crippen LogP contribution >= 0.6 is 34.8 Å². The number of halogens is 3. The first-order chi connectivity index (χ1) is 28.2. The molecular formula is C45H42Cl3NO9Si. The molecule has 5 atom stereocenters. The summed E-state index contributed by atoms with van der Waals surface area (Å²) in [4.78, 5) is 41.9. The van der Waals surface area contributed by atoms with Crippen LogP contribution in [0.15, 0.2) is 152 Å². The molecule has 0 amide bonds. The Morgan fingerprint density at radius 3 is 1.29 bits per heavy atom. The zero-order valence-electron chi connectivity index (χ0n) is 32.3. The normalized spacial score (nSPS) is 19.5. The van der Waals surface area contributed by atoms with Gasteiger partial charge in [-0.1, -0.05) is 171 Å². The van der Waals surface area contributed by atoms with Gasteiger partial charge in [-0.3, -0.25) is 5.41 Å². The van der Waals surface area contributed by atoms with E-state index in [0.717, 1.165) is 10.4 Å². The molecule has 1 heterocycles. The van der Waals surface area contributed by atoms with Crippen molar-refractivity contribution in [3.63, 3.8) is 0 Å². The maximum atomic E-state index is 14.0. The van der Waals surface area contributed by atoms with Crippen molar-refractivity contribution in [2.45, 2.75) is 60.3 Å². The summed E-state index contributed by atoms with van der Waals surface area (Å²) in [6.45, 7) is 5.99. The van der Waals surface area contributed by atoms with Gasteiger partial charge in [0.15, 0.2) is 12.2 Å². The summed E-state index contributed by atoms with van der Waals surface area (Å²) in [5.74, 6) is -3.39. The molecule has 10 nitrogen and oxygen atoms in total. The molecule has 14 heteroatoms. The van der Waals surface area contributed by atoms with E-state index in [1.165, 1.54) is 24.3 Å². The Hall–Kier alpha value is -5.01. The molecule has 59 heavy (non-hydrogen) atoms. The van der Waals surface area contributed by atoms with E-state index in [0.29, 0.717) is 0 Å². The fourth-order valence-corrected chi connectivity index (χ4v) is 11.7. The first kappa shape index (κ1) is 43.6. The van der Waals surface area contributed by atoms with Crippen LogP contribution in [0, 0.1) is 5.41 Å². The number of hydrogen-bond acceptors (Lipinski definition) is 10. The number of rotatable bonds is 12. The maximum absolute atomic E-state index is 14.0. The molecule has 1 aliphatic heterocycles. The van der Waals surface area contributed by atoms with Crippen LogP contribution in [-0.2, 0) is 28.1 Å². The smallest absolute Gasteiger partial charge is 0.338 e. The second-order valence-electron chi connectivity index (χ2n) is 14.7. The van der Waals surface area contributed by atoms with Crippen LogP contribution in [0.1, 0.15) is 51.8 Å². The average Bonchev–Trinajstić information content (AvgIpc) is 3.24. The van der Waals surface area contributed by atoms with Crippen LogP contribution in [0.5, 0.6) is 0 Å². The lowest BCUT2D eigenvalue weighted by atomic mass is 9.97. The van der Waals surface area contributed by atoms with Crippen molar-refractivity contribution in [1.82, 2.24) is 0 Å². The summed E-state index contributed by atoms with van der Waals surface area (Å²) in [5.41, 5.74) is 0.458. The van der Waals surface area contributed by atoms with Gasteiger partial charge >= 0.3 is 17.9 Å². The number of esters is 3. The number of carbonyl (C=O) groups excluding carboxylic acids is 3. The second kappa shape index (κ2) is 18.9. The number of carbonyl (C=O) groups is 3. The Balaban J connectivity index is 1.51. The number of nitrogens with one attached hydrogen (secondary N) is 1. The van der Waals surface area contributed by atoms with E-state index in [9.17, 15) is 14.4 Å². The van der Waals surface area contributed by atoms with Crippen LogP contribution in [0.3, 0.4) is 0 Å². The molecule has 0 bridgehead atoms. The molecule has 6 rings (SSSR count). The van der Waals surface area contributed by atoms with Crippen molar-refractivity contribution >= 4 is 77.3 Å². The lowest BCUT2D eigenvalue weighted by Gasteiger charge is -2.47. The van der Waals surface area contributed by atoms with Crippen LogP contribution in [0.2, 0.25) is 5.04 Å². The number of alkyl halides is 3. The minimum atomic E-state index is -3.30.